The Morgan fingerprint density at radius 2 is 1.12 bits per heavy atom. The molecule has 1 aromatic heterocycles. The molecule has 1 heterocycles. The third-order valence-corrected chi connectivity index (χ3v) is 6.44. The molecule has 0 saturated carbocycles. The van der Waals surface area contributed by atoms with Gasteiger partial charge in [0, 0.05) is 5.56 Å². The summed E-state index contributed by atoms with van der Waals surface area (Å²) in [4.78, 5) is 7.94. The van der Waals surface area contributed by atoms with Gasteiger partial charge in [-0.05, 0) is 30.7 Å². The van der Waals surface area contributed by atoms with Crippen molar-refractivity contribution in [3.63, 3.8) is 0 Å². The third kappa shape index (κ3) is 11.1. The monoisotopic (exact) mass is 760 g/mol. The van der Waals surface area contributed by atoms with Crippen LogP contribution in [0.3, 0.4) is 0 Å². The van der Waals surface area contributed by atoms with Crippen molar-refractivity contribution in [1.82, 2.24) is 9.97 Å². The van der Waals surface area contributed by atoms with Gasteiger partial charge in [0.05, 0.1) is 12.4 Å². The van der Waals surface area contributed by atoms with Gasteiger partial charge in [-0.25, -0.2) is 23.8 Å². The Morgan fingerprint density at radius 1 is 0.600 bits per heavy atom. The van der Waals surface area contributed by atoms with Crippen LogP contribution >= 0.6 is 0 Å². The number of nitrogens with zero attached hydrogens (tertiary/aromatic N) is 2. The number of benzene rings is 1. The van der Waals surface area contributed by atoms with Crippen molar-refractivity contribution < 1.29 is 89.2 Å². The lowest BCUT2D eigenvalue weighted by atomic mass is 10.1. The number of hydrogen-bond acceptors (Lipinski definition) is 6. The Hall–Kier alpha value is -3.30. The molecule has 2 rings (SSSR count). The summed E-state index contributed by atoms with van der Waals surface area (Å²) in [7, 11) is 0. The molecule has 0 spiro atoms. The van der Waals surface area contributed by atoms with Gasteiger partial charge in [-0.3, -0.25) is 0 Å². The van der Waals surface area contributed by atoms with Crippen LogP contribution in [0.5, 0.6) is 11.5 Å². The Labute approximate surface area is 273 Å². The Morgan fingerprint density at radius 3 is 1.66 bits per heavy atom. The molecule has 0 unspecified atom stereocenters. The van der Waals surface area contributed by atoms with Crippen LogP contribution in [0.1, 0.15) is 51.9 Å². The zero-order valence-corrected chi connectivity index (χ0v) is 25.5. The van der Waals surface area contributed by atoms with Crippen LogP contribution in [-0.2, 0) is 9.47 Å². The first kappa shape index (κ1) is 42.9. The van der Waals surface area contributed by atoms with Gasteiger partial charge in [0.2, 0.25) is 0 Å². The standard InChI is InChI=1S/C28H28F16N2O4/c1-2-3-4-5-6-7-8-18(29)15-47-20-13-45-21(46-14-20)17-9-11-19(12-10-17)48-16-22(30,31)49-27(41,42)28(43,44)50-26(39,40)24(34,35)23(32,33)25(36,37)38/h9-14,18H,2-8,15-16H2,1H3/t18-/m0/s1. The summed E-state index contributed by atoms with van der Waals surface area (Å²) >= 11 is 0. The third-order valence-electron chi connectivity index (χ3n) is 6.44. The largest absolute Gasteiger partial charge is 0.487 e. The van der Waals surface area contributed by atoms with Crippen LogP contribution in [0.15, 0.2) is 36.7 Å². The Bertz CT molecular complexity index is 1330. The van der Waals surface area contributed by atoms with Crippen molar-refractivity contribution >= 4 is 0 Å². The summed E-state index contributed by atoms with van der Waals surface area (Å²) in [5, 5.41) is 0. The van der Waals surface area contributed by atoms with E-state index in [1.165, 1.54) is 12.4 Å². The van der Waals surface area contributed by atoms with E-state index in [0.717, 1.165) is 56.4 Å². The molecule has 22 heteroatoms. The summed E-state index contributed by atoms with van der Waals surface area (Å²) in [6.45, 7) is -0.568. The van der Waals surface area contributed by atoms with Gasteiger partial charge < -0.3 is 9.47 Å². The Kier molecular flexibility index (Phi) is 14.0. The topological polar surface area (TPSA) is 62.7 Å². The highest BCUT2D eigenvalue weighted by Gasteiger charge is 2.85. The van der Waals surface area contributed by atoms with E-state index in [-0.39, 0.29) is 23.7 Å². The second-order valence-electron chi connectivity index (χ2n) is 10.6. The van der Waals surface area contributed by atoms with E-state index in [1.807, 2.05) is 0 Å². The maximum absolute atomic E-state index is 14.1. The first-order valence-corrected chi connectivity index (χ1v) is 14.3. The summed E-state index contributed by atoms with van der Waals surface area (Å²) in [5.74, 6) is -16.2. The lowest BCUT2D eigenvalue weighted by Gasteiger charge is -2.36. The molecule has 1 atom stereocenters. The number of halogens is 16. The smallest absolute Gasteiger partial charge is 0.460 e. The fraction of sp³-hybridized carbons (Fsp3) is 0.643. The van der Waals surface area contributed by atoms with Gasteiger partial charge in [0.15, 0.2) is 18.2 Å². The maximum atomic E-state index is 14.1. The van der Waals surface area contributed by atoms with Crippen molar-refractivity contribution in [3.05, 3.63) is 36.7 Å². The summed E-state index contributed by atoms with van der Waals surface area (Å²) in [6, 6.07) is 4.04. The van der Waals surface area contributed by atoms with Crippen LogP contribution in [0.25, 0.3) is 11.4 Å². The highest BCUT2D eigenvalue weighted by atomic mass is 19.4. The van der Waals surface area contributed by atoms with E-state index in [0.29, 0.717) is 12.8 Å². The molecular formula is C28H28F16N2O4. The molecule has 1 aromatic carbocycles. The molecule has 0 aliphatic carbocycles. The van der Waals surface area contributed by atoms with E-state index < -0.39 is 61.0 Å². The van der Waals surface area contributed by atoms with Gasteiger partial charge in [0.1, 0.15) is 18.5 Å². The number of alkyl halides is 16. The molecule has 0 fully saturated rings. The molecular weight excluding hydrogens is 732 g/mol. The normalized spacial score (nSPS) is 14.5. The maximum Gasteiger partial charge on any atom is 0.460 e. The average molecular weight is 761 g/mol. The minimum absolute atomic E-state index is 0.0127. The molecule has 0 N–H and O–H groups in total. The molecule has 50 heavy (non-hydrogen) atoms. The molecule has 2 aromatic rings. The van der Waals surface area contributed by atoms with Gasteiger partial charge in [-0.2, -0.15) is 65.9 Å². The fourth-order valence-corrected chi connectivity index (χ4v) is 3.75. The van der Waals surface area contributed by atoms with E-state index in [2.05, 4.69) is 26.4 Å². The van der Waals surface area contributed by atoms with Crippen LogP contribution in [0.2, 0.25) is 0 Å². The van der Waals surface area contributed by atoms with Crippen molar-refractivity contribution in [3.8, 4) is 22.9 Å². The first-order chi connectivity index (χ1) is 22.8. The van der Waals surface area contributed by atoms with Crippen LogP contribution < -0.4 is 9.47 Å². The van der Waals surface area contributed by atoms with Crippen LogP contribution in [0.4, 0.5) is 70.2 Å². The minimum atomic E-state index is -7.94. The lowest BCUT2D eigenvalue weighted by Crippen LogP contribution is -2.64. The van der Waals surface area contributed by atoms with Crippen molar-refractivity contribution in [2.75, 3.05) is 13.2 Å². The van der Waals surface area contributed by atoms with Crippen molar-refractivity contribution in [1.29, 1.82) is 0 Å². The zero-order chi connectivity index (χ0) is 38.2. The molecule has 0 radical (unpaired) electrons. The quantitative estimate of drug-likeness (QED) is 0.0933. The Balaban J connectivity index is 1.95. The molecule has 286 valence electrons. The molecule has 0 saturated heterocycles. The minimum Gasteiger partial charge on any atom is -0.487 e. The van der Waals surface area contributed by atoms with Crippen LogP contribution in [0, 0.1) is 0 Å². The number of aromatic nitrogens is 2. The van der Waals surface area contributed by atoms with Gasteiger partial charge >= 0.3 is 42.5 Å². The first-order valence-electron chi connectivity index (χ1n) is 14.3. The van der Waals surface area contributed by atoms with E-state index in [1.54, 1.807) is 4.74 Å². The lowest BCUT2D eigenvalue weighted by molar-refractivity contribution is -0.542. The highest BCUT2D eigenvalue weighted by Crippen LogP contribution is 2.56. The number of rotatable bonds is 21. The summed E-state index contributed by atoms with van der Waals surface area (Å²) < 4.78 is 225. The molecule has 0 amide bonds. The second-order valence-corrected chi connectivity index (χ2v) is 10.6. The molecule has 6 nitrogen and oxygen atoms in total. The number of ether oxygens (including phenoxy) is 4. The SMILES string of the molecule is CCCCCCCC[C@H](F)COc1cnc(-c2ccc(OCC(F)(F)OC(F)(F)C(F)(F)OC(F)(F)C(F)(F)C(F)(F)C(F)(F)F)cc2)nc1. The number of hydrogen-bond donors (Lipinski definition) is 0. The van der Waals surface area contributed by atoms with E-state index >= 15 is 0 Å². The fourth-order valence-electron chi connectivity index (χ4n) is 3.75. The van der Waals surface area contributed by atoms with Crippen molar-refractivity contribution in [2.45, 2.75) is 100 Å². The molecule has 0 aliphatic rings. The summed E-state index contributed by atoms with van der Waals surface area (Å²) in [6.07, 6.45) is -27.9. The van der Waals surface area contributed by atoms with Gasteiger partial charge in [0.25, 0.3) is 0 Å². The average Bonchev–Trinajstić information content (AvgIpc) is 2.99. The van der Waals surface area contributed by atoms with Crippen molar-refractivity contribution in [2.24, 2.45) is 0 Å². The van der Waals surface area contributed by atoms with E-state index in [9.17, 15) is 70.2 Å². The predicted molar refractivity (Wildman–Crippen MR) is 139 cm³/mol. The van der Waals surface area contributed by atoms with Crippen LogP contribution in [-0.4, -0.2) is 71.8 Å². The van der Waals surface area contributed by atoms with E-state index in [4.69, 9.17) is 4.74 Å². The molecule has 0 bridgehead atoms. The zero-order valence-electron chi connectivity index (χ0n) is 25.5. The van der Waals surface area contributed by atoms with Gasteiger partial charge in [-0.1, -0.05) is 45.4 Å². The van der Waals surface area contributed by atoms with Gasteiger partial charge in [-0.15, -0.1) is 0 Å². The number of unbranched alkanes of at least 4 members (excludes halogenated alkanes) is 5. The molecule has 0 aliphatic heterocycles. The predicted octanol–water partition coefficient (Wildman–Crippen LogP) is 10.2. The highest BCUT2D eigenvalue weighted by molar-refractivity contribution is 5.56. The second kappa shape index (κ2) is 16.4. The summed E-state index contributed by atoms with van der Waals surface area (Å²) in [5.41, 5.74) is 0.190.